The molecule has 1 amide bonds. The van der Waals surface area contributed by atoms with Gasteiger partial charge in [-0.3, -0.25) is 9.48 Å². The second-order valence-electron chi connectivity index (χ2n) is 6.53. The van der Waals surface area contributed by atoms with Crippen LogP contribution in [0.1, 0.15) is 34.9 Å². The van der Waals surface area contributed by atoms with Gasteiger partial charge in [-0.05, 0) is 43.1 Å². The summed E-state index contributed by atoms with van der Waals surface area (Å²) in [6.07, 6.45) is 4.13. The van der Waals surface area contributed by atoms with Crippen molar-refractivity contribution in [2.75, 3.05) is 26.9 Å². The molecule has 0 bridgehead atoms. The van der Waals surface area contributed by atoms with Crippen molar-refractivity contribution in [2.24, 2.45) is 0 Å². The minimum absolute atomic E-state index is 0. The molecule has 1 unspecified atom stereocenters. The number of hydrogen-bond acceptors (Lipinski definition) is 5. The fourth-order valence-corrected chi connectivity index (χ4v) is 3.30. The van der Waals surface area contributed by atoms with E-state index in [9.17, 15) is 4.79 Å². The van der Waals surface area contributed by atoms with Crippen LogP contribution >= 0.6 is 12.4 Å². The lowest BCUT2D eigenvalue weighted by molar-refractivity contribution is 0.0777. The lowest BCUT2D eigenvalue weighted by Gasteiger charge is -2.23. The molecule has 8 heteroatoms. The molecule has 0 radical (unpaired) electrons. The average Bonchev–Trinajstić information content (AvgIpc) is 3.31. The fraction of sp³-hybridized carbons (Fsp3) is 0.444. The Labute approximate surface area is 158 Å². The van der Waals surface area contributed by atoms with Crippen molar-refractivity contribution >= 4 is 18.3 Å². The van der Waals surface area contributed by atoms with Gasteiger partial charge in [0.05, 0.1) is 6.04 Å². The maximum atomic E-state index is 12.7. The van der Waals surface area contributed by atoms with Gasteiger partial charge in [-0.15, -0.1) is 12.4 Å². The van der Waals surface area contributed by atoms with E-state index in [1.807, 2.05) is 29.1 Å². The lowest BCUT2D eigenvalue weighted by atomic mass is 10.1. The summed E-state index contributed by atoms with van der Waals surface area (Å²) >= 11 is 0. The summed E-state index contributed by atoms with van der Waals surface area (Å²) in [4.78, 5) is 14.3. The van der Waals surface area contributed by atoms with Crippen LogP contribution in [0.25, 0.3) is 0 Å². The van der Waals surface area contributed by atoms with Crippen LogP contribution in [0.5, 0.6) is 11.5 Å². The lowest BCUT2D eigenvalue weighted by Crippen LogP contribution is -2.32. The van der Waals surface area contributed by atoms with E-state index in [4.69, 9.17) is 9.47 Å². The third-order valence-electron chi connectivity index (χ3n) is 4.68. The molecule has 26 heavy (non-hydrogen) atoms. The second-order valence-corrected chi connectivity index (χ2v) is 6.53. The van der Waals surface area contributed by atoms with Gasteiger partial charge in [0, 0.05) is 26.3 Å². The maximum Gasteiger partial charge on any atom is 0.274 e. The molecule has 1 fully saturated rings. The Morgan fingerprint density at radius 1 is 1.35 bits per heavy atom. The number of carbonyl (C=O) groups is 1. The molecule has 1 aromatic carbocycles. The molecule has 0 spiro atoms. The van der Waals surface area contributed by atoms with Crippen LogP contribution in [0, 0.1) is 0 Å². The molecule has 0 aliphatic carbocycles. The Morgan fingerprint density at radius 2 is 2.19 bits per heavy atom. The average molecular weight is 379 g/mol. The van der Waals surface area contributed by atoms with Gasteiger partial charge < -0.3 is 19.7 Å². The third-order valence-corrected chi connectivity index (χ3v) is 4.68. The molecule has 4 rings (SSSR count). The van der Waals surface area contributed by atoms with Crippen LogP contribution in [-0.2, 0) is 6.54 Å². The minimum atomic E-state index is -0.0832. The molecule has 0 saturated carbocycles. The molecular weight excluding hydrogens is 356 g/mol. The zero-order valence-electron chi connectivity index (χ0n) is 14.7. The van der Waals surface area contributed by atoms with Crippen LogP contribution in [0.15, 0.2) is 30.5 Å². The van der Waals surface area contributed by atoms with Crippen molar-refractivity contribution in [3.63, 3.8) is 0 Å². The molecule has 140 valence electrons. The first kappa shape index (κ1) is 18.5. The number of aromatic nitrogens is 2. The minimum Gasteiger partial charge on any atom is -0.454 e. The van der Waals surface area contributed by atoms with Gasteiger partial charge in [0.2, 0.25) is 6.79 Å². The summed E-state index contributed by atoms with van der Waals surface area (Å²) < 4.78 is 12.6. The maximum absolute atomic E-state index is 12.7. The van der Waals surface area contributed by atoms with Gasteiger partial charge in [-0.2, -0.15) is 5.10 Å². The van der Waals surface area contributed by atoms with Gasteiger partial charge >= 0.3 is 0 Å². The number of benzene rings is 1. The third kappa shape index (κ3) is 3.78. The zero-order valence-corrected chi connectivity index (χ0v) is 15.5. The number of nitrogens with one attached hydrogen (secondary N) is 1. The van der Waals surface area contributed by atoms with Crippen LogP contribution in [0.3, 0.4) is 0 Å². The highest BCUT2D eigenvalue weighted by molar-refractivity contribution is 5.92. The van der Waals surface area contributed by atoms with Crippen LogP contribution in [0.2, 0.25) is 0 Å². The molecule has 2 aliphatic rings. The second kappa shape index (κ2) is 7.97. The number of rotatable bonds is 4. The van der Waals surface area contributed by atoms with E-state index in [2.05, 4.69) is 10.4 Å². The van der Waals surface area contributed by atoms with E-state index in [0.29, 0.717) is 18.3 Å². The van der Waals surface area contributed by atoms with E-state index in [0.717, 1.165) is 43.0 Å². The number of ether oxygens (including phenoxy) is 2. The number of nitrogens with zero attached hydrogens (tertiary/aromatic N) is 3. The monoisotopic (exact) mass is 378 g/mol. The Bertz CT molecular complexity index is 774. The summed E-state index contributed by atoms with van der Waals surface area (Å²) in [5.74, 6) is 1.39. The van der Waals surface area contributed by atoms with Crippen LogP contribution < -0.4 is 14.8 Å². The van der Waals surface area contributed by atoms with Gasteiger partial charge in [0.15, 0.2) is 11.5 Å². The Morgan fingerprint density at radius 3 is 3.00 bits per heavy atom. The molecule has 2 aromatic rings. The number of hydrogen-bond donors (Lipinski definition) is 1. The first-order valence-electron chi connectivity index (χ1n) is 8.60. The van der Waals surface area contributed by atoms with E-state index < -0.39 is 0 Å². The Kier molecular flexibility index (Phi) is 5.68. The van der Waals surface area contributed by atoms with E-state index in [1.54, 1.807) is 18.0 Å². The zero-order chi connectivity index (χ0) is 17.2. The van der Waals surface area contributed by atoms with Gasteiger partial charge in [-0.1, -0.05) is 6.07 Å². The van der Waals surface area contributed by atoms with Crippen molar-refractivity contribution in [1.82, 2.24) is 20.0 Å². The van der Waals surface area contributed by atoms with Crippen molar-refractivity contribution in [2.45, 2.75) is 25.4 Å². The number of amides is 1. The smallest absolute Gasteiger partial charge is 0.274 e. The normalized spacial score (nSPS) is 18.3. The van der Waals surface area contributed by atoms with E-state index in [-0.39, 0.29) is 25.1 Å². The predicted octanol–water partition coefficient (Wildman–Crippen LogP) is 2.23. The number of carbonyl (C=O) groups excluding carboxylic acids is 1. The van der Waals surface area contributed by atoms with Gasteiger partial charge in [0.1, 0.15) is 5.69 Å². The molecule has 1 N–H and O–H groups in total. The number of halogens is 1. The highest BCUT2D eigenvalue weighted by atomic mass is 35.5. The molecule has 1 saturated heterocycles. The summed E-state index contributed by atoms with van der Waals surface area (Å²) in [6, 6.07) is 7.87. The van der Waals surface area contributed by atoms with E-state index >= 15 is 0 Å². The number of fused-ring (bicyclic) bond motifs is 1. The predicted molar refractivity (Wildman–Crippen MR) is 99.0 cm³/mol. The van der Waals surface area contributed by atoms with Crippen molar-refractivity contribution in [3.8, 4) is 11.5 Å². The standard InChI is InChI=1S/C18H22N4O3.ClH/c1-21(11-13-4-5-16-17(9-13)25-12-24-16)18(23)15-6-8-22(20-15)14-3-2-7-19-10-14;/h4-6,8-9,14,19H,2-3,7,10-12H2,1H3;1H. The highest BCUT2D eigenvalue weighted by Crippen LogP contribution is 2.32. The summed E-state index contributed by atoms with van der Waals surface area (Å²) in [7, 11) is 1.79. The van der Waals surface area contributed by atoms with Gasteiger partial charge in [-0.25, -0.2) is 0 Å². The first-order valence-corrected chi connectivity index (χ1v) is 8.60. The van der Waals surface area contributed by atoms with E-state index in [1.165, 1.54) is 0 Å². The summed E-state index contributed by atoms with van der Waals surface area (Å²) in [6.45, 7) is 2.71. The molecular formula is C18H23ClN4O3. The molecule has 3 heterocycles. The molecule has 7 nitrogen and oxygen atoms in total. The van der Waals surface area contributed by atoms with Crippen molar-refractivity contribution in [3.05, 3.63) is 41.7 Å². The Hall–Kier alpha value is -2.25. The van der Waals surface area contributed by atoms with Crippen molar-refractivity contribution in [1.29, 1.82) is 0 Å². The number of piperidine rings is 1. The summed E-state index contributed by atoms with van der Waals surface area (Å²) in [5, 5.41) is 7.86. The topological polar surface area (TPSA) is 68.6 Å². The first-order chi connectivity index (χ1) is 12.2. The van der Waals surface area contributed by atoms with Crippen LogP contribution in [-0.4, -0.2) is 47.5 Å². The molecule has 1 aromatic heterocycles. The Balaban J connectivity index is 0.00000196. The van der Waals surface area contributed by atoms with Crippen LogP contribution in [0.4, 0.5) is 0 Å². The largest absolute Gasteiger partial charge is 0.454 e. The van der Waals surface area contributed by atoms with Crippen molar-refractivity contribution < 1.29 is 14.3 Å². The molecule has 1 atom stereocenters. The summed E-state index contributed by atoms with van der Waals surface area (Å²) in [5.41, 5.74) is 1.48. The molecule has 2 aliphatic heterocycles. The fourth-order valence-electron chi connectivity index (χ4n) is 3.30. The quantitative estimate of drug-likeness (QED) is 0.883. The highest BCUT2D eigenvalue weighted by Gasteiger charge is 2.20. The van der Waals surface area contributed by atoms with Gasteiger partial charge in [0.25, 0.3) is 5.91 Å². The SMILES string of the molecule is CN(Cc1ccc2c(c1)OCO2)C(=O)c1ccn(C2CCCNC2)n1.Cl.